The molecular weight excluding hydrogens is 248 g/mol. The van der Waals surface area contributed by atoms with Crippen LogP contribution in [0.15, 0.2) is 29.2 Å². The van der Waals surface area contributed by atoms with Crippen molar-refractivity contribution in [3.63, 3.8) is 0 Å². The molecule has 1 aromatic carbocycles. The third-order valence-corrected chi connectivity index (χ3v) is 3.30. The van der Waals surface area contributed by atoms with Gasteiger partial charge in [0.05, 0.1) is 12.0 Å². The molecule has 4 heteroatoms. The van der Waals surface area contributed by atoms with Crippen LogP contribution in [-0.2, 0) is 14.3 Å². The van der Waals surface area contributed by atoms with Crippen LogP contribution in [0.1, 0.15) is 30.0 Å². The van der Waals surface area contributed by atoms with Crippen LogP contribution in [0, 0.1) is 20.8 Å². The Kier molecular flexibility index (Phi) is 7.05. The fourth-order valence-corrected chi connectivity index (χ4v) is 2.18. The van der Waals surface area contributed by atoms with Gasteiger partial charge in [-0.25, -0.2) is 4.89 Å². The van der Waals surface area contributed by atoms with E-state index in [0.29, 0.717) is 6.61 Å². The molecule has 0 spiro atoms. The van der Waals surface area contributed by atoms with E-state index in [4.69, 9.17) is 9.22 Å². The average molecular weight is 268 g/mol. The lowest BCUT2D eigenvalue weighted by Gasteiger charge is -2.08. The molecule has 0 N–H and O–H groups in total. The molecule has 0 fully saturated rings. The van der Waals surface area contributed by atoms with Gasteiger partial charge < -0.3 is 0 Å². The fourth-order valence-electron chi connectivity index (χ4n) is 1.67. The first-order valence-corrected chi connectivity index (χ1v) is 6.75. The minimum atomic E-state index is 0.389. The van der Waals surface area contributed by atoms with Gasteiger partial charge in [-0.3, -0.25) is 0 Å². The third-order valence-electron chi connectivity index (χ3n) is 2.36. The van der Waals surface area contributed by atoms with E-state index in [0.717, 1.165) is 11.3 Å². The van der Waals surface area contributed by atoms with Crippen molar-refractivity contribution in [1.82, 2.24) is 0 Å². The predicted molar refractivity (Wildman–Crippen MR) is 74.1 cm³/mol. The normalized spacial score (nSPS) is 11.3. The van der Waals surface area contributed by atoms with Crippen LogP contribution in [0.5, 0.6) is 0 Å². The van der Waals surface area contributed by atoms with E-state index < -0.39 is 0 Å². The van der Waals surface area contributed by atoms with Crippen molar-refractivity contribution in [3.8, 4) is 0 Å². The van der Waals surface area contributed by atoms with Gasteiger partial charge in [0.2, 0.25) is 0 Å². The largest absolute Gasteiger partial charge is 0.201 e. The zero-order valence-electron chi connectivity index (χ0n) is 11.4. The second-order valence-electron chi connectivity index (χ2n) is 4.11. The maximum Gasteiger partial charge on any atom is 0.104 e. The number of aryl methyl sites for hydroxylation is 3. The molecule has 1 aromatic rings. The zero-order chi connectivity index (χ0) is 13.4. The lowest BCUT2D eigenvalue weighted by Crippen LogP contribution is -1.93. The van der Waals surface area contributed by atoms with Crippen LogP contribution in [-0.4, -0.2) is 6.61 Å². The summed E-state index contributed by atoms with van der Waals surface area (Å²) in [5.74, 6) is 0. The van der Waals surface area contributed by atoms with Crippen LogP contribution in [0.4, 0.5) is 0 Å². The standard InChI is InChI=1S/C14H20O3S/c1-5-6-7-8-15-16-17-18-14-12(3)9-11(2)10-13(14)4/h6-7,9-10H,5,8H2,1-4H3/b7-6+. The Morgan fingerprint density at radius 1 is 1.11 bits per heavy atom. The Bertz CT molecular complexity index is 379. The smallest absolute Gasteiger partial charge is 0.104 e. The molecule has 0 aliphatic heterocycles. The van der Waals surface area contributed by atoms with Gasteiger partial charge in [0.25, 0.3) is 0 Å². The summed E-state index contributed by atoms with van der Waals surface area (Å²) in [5.41, 5.74) is 3.59. The highest BCUT2D eigenvalue weighted by Gasteiger charge is 2.06. The predicted octanol–water partition coefficient (Wildman–Crippen LogP) is 4.46. The van der Waals surface area contributed by atoms with Crippen LogP contribution in [0.2, 0.25) is 0 Å². The number of benzene rings is 1. The molecule has 0 saturated heterocycles. The summed E-state index contributed by atoms with van der Waals surface area (Å²) >= 11 is 1.17. The summed E-state index contributed by atoms with van der Waals surface area (Å²) in [6.45, 7) is 8.63. The van der Waals surface area contributed by atoms with E-state index in [1.165, 1.54) is 28.7 Å². The van der Waals surface area contributed by atoms with Gasteiger partial charge in [0.1, 0.15) is 6.61 Å². The Morgan fingerprint density at radius 3 is 2.39 bits per heavy atom. The lowest BCUT2D eigenvalue weighted by molar-refractivity contribution is -0.455. The summed E-state index contributed by atoms with van der Waals surface area (Å²) in [6.07, 6.45) is 4.88. The molecule has 0 amide bonds. The maximum absolute atomic E-state index is 4.96. The van der Waals surface area contributed by atoms with Gasteiger partial charge in [0.15, 0.2) is 0 Å². The van der Waals surface area contributed by atoms with E-state index in [1.807, 2.05) is 12.2 Å². The van der Waals surface area contributed by atoms with E-state index >= 15 is 0 Å². The minimum absolute atomic E-state index is 0.389. The van der Waals surface area contributed by atoms with Gasteiger partial charge in [0, 0.05) is 4.90 Å². The topological polar surface area (TPSA) is 27.7 Å². The molecule has 0 atom stereocenters. The zero-order valence-corrected chi connectivity index (χ0v) is 12.2. The molecule has 100 valence electrons. The Labute approximate surface area is 113 Å². The number of hydrogen-bond acceptors (Lipinski definition) is 4. The van der Waals surface area contributed by atoms with Crippen LogP contribution in [0.25, 0.3) is 0 Å². The molecule has 0 unspecified atom stereocenters. The maximum atomic E-state index is 4.96. The van der Waals surface area contributed by atoms with E-state index in [2.05, 4.69) is 44.9 Å². The first-order chi connectivity index (χ1) is 8.65. The SMILES string of the molecule is CC/C=C/COOOSc1c(C)cc(C)cc1C. The molecule has 0 aliphatic carbocycles. The second-order valence-corrected chi connectivity index (χ2v) is 4.82. The van der Waals surface area contributed by atoms with E-state index in [9.17, 15) is 0 Å². The van der Waals surface area contributed by atoms with Crippen molar-refractivity contribution in [2.45, 2.75) is 39.0 Å². The highest BCUT2D eigenvalue weighted by molar-refractivity contribution is 7.94. The first kappa shape index (κ1) is 15.2. The Hall–Kier alpha value is -0.810. The third kappa shape index (κ3) is 5.23. The fraction of sp³-hybridized carbons (Fsp3) is 0.429. The van der Waals surface area contributed by atoms with Crippen molar-refractivity contribution in [2.24, 2.45) is 0 Å². The van der Waals surface area contributed by atoms with Gasteiger partial charge >= 0.3 is 0 Å². The molecule has 18 heavy (non-hydrogen) atoms. The molecule has 0 radical (unpaired) electrons. The summed E-state index contributed by atoms with van der Waals surface area (Å²) in [6, 6.07) is 4.23. The second kappa shape index (κ2) is 8.32. The highest BCUT2D eigenvalue weighted by Crippen LogP contribution is 2.28. The van der Waals surface area contributed by atoms with Crippen molar-refractivity contribution in [3.05, 3.63) is 41.0 Å². The number of rotatable bonds is 7. The van der Waals surface area contributed by atoms with Gasteiger partial charge in [-0.2, -0.15) is 0 Å². The van der Waals surface area contributed by atoms with Crippen molar-refractivity contribution >= 4 is 12.0 Å². The van der Waals surface area contributed by atoms with Crippen LogP contribution in [0.3, 0.4) is 0 Å². The molecule has 0 bridgehead atoms. The van der Waals surface area contributed by atoms with E-state index in [1.54, 1.807) is 0 Å². The Balaban J connectivity index is 2.33. The summed E-state index contributed by atoms with van der Waals surface area (Å²) in [4.78, 5) is 5.89. The monoisotopic (exact) mass is 268 g/mol. The molecular formula is C14H20O3S. The van der Waals surface area contributed by atoms with Gasteiger partial charge in [-0.05, 0) is 38.3 Å². The van der Waals surface area contributed by atoms with Gasteiger partial charge in [-0.1, -0.05) is 41.8 Å². The van der Waals surface area contributed by atoms with Gasteiger partial charge in [-0.15, -0.1) is 4.33 Å². The molecule has 0 heterocycles. The van der Waals surface area contributed by atoms with Crippen molar-refractivity contribution in [2.75, 3.05) is 6.61 Å². The van der Waals surface area contributed by atoms with Crippen LogP contribution >= 0.6 is 12.0 Å². The quantitative estimate of drug-likeness (QED) is 0.240. The molecule has 0 aromatic heterocycles. The average Bonchev–Trinajstić information content (AvgIpc) is 2.30. The summed E-state index contributed by atoms with van der Waals surface area (Å²) in [5, 5.41) is 4.64. The molecule has 0 saturated carbocycles. The number of hydrogen-bond donors (Lipinski definition) is 0. The van der Waals surface area contributed by atoms with Crippen molar-refractivity contribution < 1.29 is 14.3 Å². The summed E-state index contributed by atoms with van der Waals surface area (Å²) < 4.78 is 4.96. The van der Waals surface area contributed by atoms with Crippen molar-refractivity contribution in [1.29, 1.82) is 0 Å². The number of allylic oxidation sites excluding steroid dienone is 1. The van der Waals surface area contributed by atoms with Crippen LogP contribution < -0.4 is 0 Å². The minimum Gasteiger partial charge on any atom is -0.201 e. The molecule has 3 nitrogen and oxygen atoms in total. The highest BCUT2D eigenvalue weighted by atomic mass is 32.2. The van der Waals surface area contributed by atoms with E-state index in [-0.39, 0.29) is 0 Å². The first-order valence-electron chi connectivity index (χ1n) is 6.00. The molecule has 0 aliphatic rings. The lowest BCUT2D eigenvalue weighted by atomic mass is 10.1. The summed E-state index contributed by atoms with van der Waals surface area (Å²) in [7, 11) is 0. The molecule has 1 rings (SSSR count). The Morgan fingerprint density at radius 2 is 1.78 bits per heavy atom.